The van der Waals surface area contributed by atoms with E-state index in [2.05, 4.69) is 30.0 Å². The van der Waals surface area contributed by atoms with Crippen LogP contribution in [0.25, 0.3) is 21.0 Å². The molecule has 0 saturated carbocycles. The van der Waals surface area contributed by atoms with Crippen LogP contribution in [0.4, 0.5) is 5.69 Å². The Morgan fingerprint density at radius 1 is 1.07 bits per heavy atom. The van der Waals surface area contributed by atoms with Gasteiger partial charge in [-0.05, 0) is 43.6 Å². The number of aromatic nitrogens is 1. The Balaban J connectivity index is 1.45. The highest BCUT2D eigenvalue weighted by atomic mass is 32.1. The molecule has 0 saturated heterocycles. The van der Waals surface area contributed by atoms with Crippen molar-refractivity contribution in [2.75, 3.05) is 18.6 Å². The lowest BCUT2D eigenvalue weighted by Gasteiger charge is -2.28. The third-order valence-electron chi connectivity index (χ3n) is 5.34. The smallest absolute Gasteiger partial charge is 0.260 e. The van der Waals surface area contributed by atoms with E-state index in [-0.39, 0.29) is 11.9 Å². The summed E-state index contributed by atoms with van der Waals surface area (Å²) in [6.45, 7) is 2.68. The molecule has 4 nitrogen and oxygen atoms in total. The number of hydrogen-bond acceptors (Lipinski definition) is 4. The average Bonchev–Trinajstić information content (AvgIpc) is 3.24. The highest BCUT2D eigenvalue weighted by Gasteiger charge is 2.31. The Labute approximate surface area is 161 Å². The summed E-state index contributed by atoms with van der Waals surface area (Å²) < 4.78 is 1.20. The van der Waals surface area contributed by atoms with Gasteiger partial charge in [0.15, 0.2) is 0 Å². The van der Waals surface area contributed by atoms with Crippen molar-refractivity contribution in [3.8, 4) is 0 Å². The number of thiazole rings is 1. The summed E-state index contributed by atoms with van der Waals surface area (Å²) in [5.41, 5.74) is 2.83. The van der Waals surface area contributed by atoms with Crippen molar-refractivity contribution in [2.24, 2.45) is 0 Å². The zero-order valence-corrected chi connectivity index (χ0v) is 16.0. The van der Waals surface area contributed by atoms with Gasteiger partial charge in [0.1, 0.15) is 5.01 Å². The predicted octanol–water partition coefficient (Wildman–Crippen LogP) is 5.06. The van der Waals surface area contributed by atoms with Gasteiger partial charge >= 0.3 is 0 Å². The molecule has 27 heavy (non-hydrogen) atoms. The molecule has 0 bridgehead atoms. The molecular formula is C22H19N3OS. The summed E-state index contributed by atoms with van der Waals surface area (Å²) >= 11 is 1.72. The maximum Gasteiger partial charge on any atom is 0.260 e. The fourth-order valence-corrected chi connectivity index (χ4v) is 4.81. The summed E-state index contributed by atoms with van der Waals surface area (Å²) in [4.78, 5) is 21.8. The topological polar surface area (TPSA) is 36.4 Å². The van der Waals surface area contributed by atoms with Crippen LogP contribution in [0.3, 0.4) is 0 Å². The quantitative estimate of drug-likeness (QED) is 0.502. The average molecular weight is 373 g/mol. The monoisotopic (exact) mass is 373 g/mol. The second-order valence-corrected chi connectivity index (χ2v) is 8.07. The van der Waals surface area contributed by atoms with Crippen LogP contribution in [0.2, 0.25) is 0 Å². The first kappa shape index (κ1) is 16.4. The summed E-state index contributed by atoms with van der Waals surface area (Å²) in [7, 11) is 2.05. The molecule has 0 unspecified atom stereocenters. The Morgan fingerprint density at radius 3 is 2.67 bits per heavy atom. The molecule has 0 fully saturated rings. The second kappa shape index (κ2) is 6.15. The Kier molecular flexibility index (Phi) is 3.74. The minimum atomic E-state index is 0.0742. The normalized spacial score (nSPS) is 14.6. The van der Waals surface area contributed by atoms with Crippen molar-refractivity contribution in [2.45, 2.75) is 13.0 Å². The van der Waals surface area contributed by atoms with E-state index in [0.717, 1.165) is 32.5 Å². The molecule has 3 aromatic carbocycles. The van der Waals surface area contributed by atoms with E-state index >= 15 is 0 Å². The number of rotatable bonds is 4. The number of fused-ring (bicyclic) bond motifs is 1. The molecule has 1 aliphatic heterocycles. The molecule has 0 spiro atoms. The van der Waals surface area contributed by atoms with Gasteiger partial charge in [0.25, 0.3) is 5.91 Å². The zero-order chi connectivity index (χ0) is 18.5. The second-order valence-electron chi connectivity index (χ2n) is 7.01. The van der Waals surface area contributed by atoms with Crippen LogP contribution in [-0.4, -0.2) is 29.5 Å². The van der Waals surface area contributed by atoms with E-state index in [1.807, 2.05) is 54.4 Å². The Hall–Kier alpha value is -2.76. The van der Waals surface area contributed by atoms with Crippen molar-refractivity contribution in [3.05, 3.63) is 71.2 Å². The number of anilines is 1. The maximum atomic E-state index is 13.0. The van der Waals surface area contributed by atoms with Gasteiger partial charge in [-0.2, -0.15) is 0 Å². The van der Waals surface area contributed by atoms with Gasteiger partial charge in [-0.25, -0.2) is 4.98 Å². The maximum absolute atomic E-state index is 13.0. The lowest BCUT2D eigenvalue weighted by molar-refractivity contribution is 0.0972. The molecule has 2 heterocycles. The predicted molar refractivity (Wildman–Crippen MR) is 111 cm³/mol. The third kappa shape index (κ3) is 2.54. The Morgan fingerprint density at radius 2 is 1.85 bits per heavy atom. The SMILES string of the molecule is C[C@H](c1nc2ccccc2s1)N(C)CN1C(=O)c2cccc3cccc1c23. The van der Waals surface area contributed by atoms with Gasteiger partial charge in [-0.3, -0.25) is 14.6 Å². The zero-order valence-electron chi connectivity index (χ0n) is 15.2. The molecule has 134 valence electrons. The molecule has 1 atom stereocenters. The Bertz CT molecular complexity index is 1140. The van der Waals surface area contributed by atoms with Crippen LogP contribution < -0.4 is 4.90 Å². The van der Waals surface area contributed by atoms with E-state index in [4.69, 9.17) is 4.98 Å². The molecular weight excluding hydrogens is 354 g/mol. The fourth-order valence-electron chi connectivity index (χ4n) is 3.72. The number of benzene rings is 3. The van der Waals surface area contributed by atoms with Gasteiger partial charge in [0.05, 0.1) is 28.6 Å². The van der Waals surface area contributed by atoms with E-state index in [1.54, 1.807) is 11.3 Å². The molecule has 5 rings (SSSR count). The van der Waals surface area contributed by atoms with E-state index in [9.17, 15) is 4.79 Å². The summed E-state index contributed by atoms with van der Waals surface area (Å²) in [6, 6.07) is 20.4. The fraction of sp³-hybridized carbons (Fsp3) is 0.182. The van der Waals surface area contributed by atoms with Crippen LogP contribution in [0.15, 0.2) is 60.7 Å². The van der Waals surface area contributed by atoms with Gasteiger partial charge in [0, 0.05) is 10.9 Å². The lowest BCUT2D eigenvalue weighted by Crippen LogP contribution is -2.38. The van der Waals surface area contributed by atoms with Gasteiger partial charge in [-0.15, -0.1) is 11.3 Å². The molecule has 0 aliphatic carbocycles. The number of carbonyl (C=O) groups is 1. The van der Waals surface area contributed by atoms with Gasteiger partial charge in [0.2, 0.25) is 0 Å². The molecule has 1 aromatic heterocycles. The van der Waals surface area contributed by atoms with Crippen LogP contribution in [0, 0.1) is 0 Å². The molecule has 1 amide bonds. The summed E-state index contributed by atoms with van der Waals surface area (Å²) in [6.07, 6.45) is 0. The van der Waals surface area contributed by atoms with E-state index in [1.165, 1.54) is 4.70 Å². The molecule has 4 aromatic rings. The van der Waals surface area contributed by atoms with Crippen LogP contribution in [-0.2, 0) is 0 Å². The summed E-state index contributed by atoms with van der Waals surface area (Å²) in [5, 5.41) is 3.25. The van der Waals surface area contributed by atoms with E-state index in [0.29, 0.717) is 6.67 Å². The first-order valence-corrected chi connectivity index (χ1v) is 9.84. The highest BCUT2D eigenvalue weighted by Crippen LogP contribution is 2.38. The van der Waals surface area contributed by atoms with Crippen molar-refractivity contribution >= 4 is 43.9 Å². The first-order chi connectivity index (χ1) is 13.1. The summed E-state index contributed by atoms with van der Waals surface area (Å²) in [5.74, 6) is 0.0742. The number of hydrogen-bond donors (Lipinski definition) is 0. The molecule has 1 aliphatic rings. The lowest BCUT2D eigenvalue weighted by atomic mass is 10.1. The largest absolute Gasteiger partial charge is 0.294 e. The van der Waals surface area contributed by atoms with Crippen molar-refractivity contribution < 1.29 is 4.79 Å². The first-order valence-electron chi connectivity index (χ1n) is 9.03. The van der Waals surface area contributed by atoms with E-state index < -0.39 is 0 Å². The standard InChI is InChI=1S/C22H19N3OS/c1-14(21-23-17-10-3-4-12-19(17)27-21)24(2)13-25-18-11-6-8-15-7-5-9-16(20(15)18)22(25)26/h3-12,14H,13H2,1-2H3/t14-/m1/s1. The number of amides is 1. The van der Waals surface area contributed by atoms with Crippen LogP contribution >= 0.6 is 11.3 Å². The molecule has 5 heteroatoms. The van der Waals surface area contributed by atoms with Crippen LogP contribution in [0.1, 0.15) is 28.3 Å². The van der Waals surface area contributed by atoms with Crippen molar-refractivity contribution in [1.82, 2.24) is 9.88 Å². The van der Waals surface area contributed by atoms with Gasteiger partial charge in [-0.1, -0.05) is 36.4 Å². The minimum Gasteiger partial charge on any atom is -0.294 e. The number of para-hydroxylation sites is 1. The third-order valence-corrected chi connectivity index (χ3v) is 6.55. The molecule has 0 N–H and O–H groups in total. The number of nitrogens with zero attached hydrogens (tertiary/aromatic N) is 3. The number of carbonyl (C=O) groups excluding carboxylic acids is 1. The van der Waals surface area contributed by atoms with Crippen molar-refractivity contribution in [1.29, 1.82) is 0 Å². The van der Waals surface area contributed by atoms with Gasteiger partial charge < -0.3 is 0 Å². The van der Waals surface area contributed by atoms with Crippen molar-refractivity contribution in [3.63, 3.8) is 0 Å². The molecule has 0 radical (unpaired) electrons. The highest BCUT2D eigenvalue weighted by molar-refractivity contribution is 7.18. The van der Waals surface area contributed by atoms with Crippen LogP contribution in [0.5, 0.6) is 0 Å². The minimum absolute atomic E-state index is 0.0742.